The third-order valence-electron chi connectivity index (χ3n) is 1.96. The summed E-state index contributed by atoms with van der Waals surface area (Å²) in [4.78, 5) is 11.3. The maximum Gasteiger partial charge on any atom is 0.333 e. The first kappa shape index (κ1) is 13.9. The number of esters is 1. The van der Waals surface area contributed by atoms with E-state index in [2.05, 4.69) is 13.2 Å². The van der Waals surface area contributed by atoms with Crippen molar-refractivity contribution in [2.45, 2.75) is 32.1 Å². The molecule has 0 radical (unpaired) electrons. The van der Waals surface area contributed by atoms with E-state index in [-0.39, 0.29) is 12.6 Å². The van der Waals surface area contributed by atoms with E-state index in [0.717, 1.165) is 19.3 Å². The molecule has 0 aromatic heterocycles. The summed E-state index contributed by atoms with van der Waals surface area (Å²) in [7, 11) is 0. The molecule has 0 aromatic rings. The molecular weight excluding hydrogens is 192 g/mol. The molecule has 3 heteroatoms. The number of carbonyl (C=O) groups excluding carboxylic acids is 1. The van der Waals surface area contributed by atoms with Crippen LogP contribution in [0.4, 0.5) is 0 Å². The van der Waals surface area contributed by atoms with Crippen LogP contribution in [0, 0.1) is 0 Å². The Morgan fingerprint density at radius 1 is 1.33 bits per heavy atom. The first-order chi connectivity index (χ1) is 7.22. The zero-order chi connectivity index (χ0) is 11.5. The lowest BCUT2D eigenvalue weighted by Crippen LogP contribution is -2.08. The second-order valence-electron chi connectivity index (χ2n) is 3.35. The molecular formula is C12H20O3. The SMILES string of the molecule is C=CCCCCOC(=O)C(=C)CCCO. The highest BCUT2D eigenvalue weighted by Crippen LogP contribution is 2.05. The highest BCUT2D eigenvalue weighted by atomic mass is 16.5. The summed E-state index contributed by atoms with van der Waals surface area (Å²) in [5, 5.41) is 8.57. The average molecular weight is 212 g/mol. The standard InChI is InChI=1S/C12H20O3/c1-3-4-5-6-10-15-12(14)11(2)8-7-9-13/h3,13H,1-2,4-10H2. The number of carbonyl (C=O) groups is 1. The van der Waals surface area contributed by atoms with Crippen LogP contribution in [0.2, 0.25) is 0 Å². The predicted molar refractivity (Wildman–Crippen MR) is 60.5 cm³/mol. The Kier molecular flexibility index (Phi) is 8.78. The summed E-state index contributed by atoms with van der Waals surface area (Å²) in [6.45, 7) is 7.73. The van der Waals surface area contributed by atoms with E-state index in [0.29, 0.717) is 25.0 Å². The second kappa shape index (κ2) is 9.46. The first-order valence-corrected chi connectivity index (χ1v) is 5.29. The van der Waals surface area contributed by atoms with E-state index in [9.17, 15) is 4.79 Å². The van der Waals surface area contributed by atoms with Crippen LogP contribution in [0.5, 0.6) is 0 Å². The van der Waals surface area contributed by atoms with Gasteiger partial charge in [-0.15, -0.1) is 6.58 Å². The molecule has 0 amide bonds. The Morgan fingerprint density at radius 3 is 2.67 bits per heavy atom. The Balaban J connectivity index is 3.47. The predicted octanol–water partition coefficient (Wildman–Crippen LogP) is 2.21. The van der Waals surface area contributed by atoms with Gasteiger partial charge in [-0.1, -0.05) is 12.7 Å². The summed E-state index contributed by atoms with van der Waals surface area (Å²) in [5.41, 5.74) is 0.438. The molecule has 0 heterocycles. The molecule has 0 saturated heterocycles. The van der Waals surface area contributed by atoms with Crippen LogP contribution in [0.15, 0.2) is 24.8 Å². The smallest absolute Gasteiger partial charge is 0.333 e. The maximum absolute atomic E-state index is 11.3. The Bertz CT molecular complexity index is 209. The highest BCUT2D eigenvalue weighted by Gasteiger charge is 2.07. The molecule has 1 N–H and O–H groups in total. The number of hydrogen-bond donors (Lipinski definition) is 1. The van der Waals surface area contributed by atoms with Crippen molar-refractivity contribution in [1.82, 2.24) is 0 Å². The Hall–Kier alpha value is -1.09. The molecule has 0 aliphatic carbocycles. The number of ether oxygens (including phenoxy) is 1. The summed E-state index contributed by atoms with van der Waals surface area (Å²) >= 11 is 0. The zero-order valence-electron chi connectivity index (χ0n) is 9.21. The first-order valence-electron chi connectivity index (χ1n) is 5.29. The molecule has 15 heavy (non-hydrogen) atoms. The van der Waals surface area contributed by atoms with Gasteiger partial charge in [0.25, 0.3) is 0 Å². The van der Waals surface area contributed by atoms with Gasteiger partial charge in [-0.25, -0.2) is 4.79 Å². The van der Waals surface area contributed by atoms with E-state index >= 15 is 0 Å². The van der Waals surface area contributed by atoms with Gasteiger partial charge >= 0.3 is 5.97 Å². The van der Waals surface area contributed by atoms with Gasteiger partial charge in [0.1, 0.15) is 0 Å². The van der Waals surface area contributed by atoms with Crippen molar-refractivity contribution in [3.63, 3.8) is 0 Å². The summed E-state index contributed by atoms with van der Waals surface area (Å²) in [6, 6.07) is 0. The lowest BCUT2D eigenvalue weighted by molar-refractivity contribution is -0.139. The number of allylic oxidation sites excluding steroid dienone is 1. The van der Waals surface area contributed by atoms with Crippen LogP contribution in [0.25, 0.3) is 0 Å². The van der Waals surface area contributed by atoms with Gasteiger partial charge in [0.05, 0.1) is 6.61 Å². The Morgan fingerprint density at radius 2 is 2.07 bits per heavy atom. The van der Waals surface area contributed by atoms with E-state index in [1.54, 1.807) is 0 Å². The van der Waals surface area contributed by atoms with Gasteiger partial charge in [0.15, 0.2) is 0 Å². The molecule has 0 spiro atoms. The summed E-state index contributed by atoms with van der Waals surface area (Å²) in [5.74, 6) is -0.345. The zero-order valence-corrected chi connectivity index (χ0v) is 9.21. The van der Waals surface area contributed by atoms with Gasteiger partial charge < -0.3 is 9.84 Å². The van der Waals surface area contributed by atoms with Crippen LogP contribution in [-0.2, 0) is 9.53 Å². The molecule has 0 aliphatic rings. The summed E-state index contributed by atoms with van der Waals surface area (Å²) < 4.78 is 4.99. The highest BCUT2D eigenvalue weighted by molar-refractivity contribution is 5.87. The maximum atomic E-state index is 11.3. The largest absolute Gasteiger partial charge is 0.462 e. The number of rotatable bonds is 9. The van der Waals surface area contributed by atoms with E-state index in [1.807, 2.05) is 6.08 Å². The molecule has 3 nitrogen and oxygen atoms in total. The minimum absolute atomic E-state index is 0.0750. The van der Waals surface area contributed by atoms with Crippen LogP contribution in [0.3, 0.4) is 0 Å². The molecule has 86 valence electrons. The van der Waals surface area contributed by atoms with Gasteiger partial charge in [0, 0.05) is 12.2 Å². The van der Waals surface area contributed by atoms with Crippen molar-refractivity contribution < 1.29 is 14.6 Å². The van der Waals surface area contributed by atoms with Crippen LogP contribution >= 0.6 is 0 Å². The van der Waals surface area contributed by atoms with E-state index in [4.69, 9.17) is 9.84 Å². The van der Waals surface area contributed by atoms with Crippen LogP contribution in [-0.4, -0.2) is 24.3 Å². The van der Waals surface area contributed by atoms with Crippen molar-refractivity contribution >= 4 is 5.97 Å². The van der Waals surface area contributed by atoms with Gasteiger partial charge in [0.2, 0.25) is 0 Å². The molecule has 0 fully saturated rings. The van der Waals surface area contributed by atoms with Crippen molar-refractivity contribution in [1.29, 1.82) is 0 Å². The molecule has 0 aliphatic heterocycles. The van der Waals surface area contributed by atoms with E-state index < -0.39 is 0 Å². The molecule has 0 atom stereocenters. The normalized spacial score (nSPS) is 9.67. The molecule has 0 aromatic carbocycles. The van der Waals surface area contributed by atoms with Crippen LogP contribution in [0.1, 0.15) is 32.1 Å². The molecule has 0 saturated carbocycles. The number of aliphatic hydroxyl groups excluding tert-OH is 1. The lowest BCUT2D eigenvalue weighted by atomic mass is 10.2. The van der Waals surface area contributed by atoms with Gasteiger partial charge in [-0.2, -0.15) is 0 Å². The monoisotopic (exact) mass is 212 g/mol. The van der Waals surface area contributed by atoms with Crippen molar-refractivity contribution in [2.24, 2.45) is 0 Å². The molecule has 0 unspecified atom stereocenters. The van der Waals surface area contributed by atoms with Gasteiger partial charge in [-0.3, -0.25) is 0 Å². The minimum atomic E-state index is -0.345. The van der Waals surface area contributed by atoms with Crippen molar-refractivity contribution in [3.05, 3.63) is 24.8 Å². The third kappa shape index (κ3) is 7.94. The van der Waals surface area contributed by atoms with E-state index in [1.165, 1.54) is 0 Å². The minimum Gasteiger partial charge on any atom is -0.462 e. The van der Waals surface area contributed by atoms with Gasteiger partial charge in [-0.05, 0) is 32.1 Å². The fourth-order valence-corrected chi connectivity index (χ4v) is 1.05. The molecule has 0 bridgehead atoms. The Labute approximate surface area is 91.4 Å². The van der Waals surface area contributed by atoms with Crippen molar-refractivity contribution in [3.8, 4) is 0 Å². The topological polar surface area (TPSA) is 46.5 Å². The third-order valence-corrected chi connectivity index (χ3v) is 1.96. The fraction of sp³-hybridized carbons (Fsp3) is 0.583. The summed E-state index contributed by atoms with van der Waals surface area (Å²) in [6.07, 6.45) is 5.70. The number of unbranched alkanes of at least 4 members (excludes halogenated alkanes) is 2. The lowest BCUT2D eigenvalue weighted by Gasteiger charge is -2.05. The molecule has 0 rings (SSSR count). The van der Waals surface area contributed by atoms with Crippen LogP contribution < -0.4 is 0 Å². The number of hydrogen-bond acceptors (Lipinski definition) is 3. The quantitative estimate of drug-likeness (QED) is 0.276. The number of aliphatic hydroxyl groups is 1. The van der Waals surface area contributed by atoms with Crippen molar-refractivity contribution in [2.75, 3.05) is 13.2 Å². The average Bonchev–Trinajstić information content (AvgIpc) is 2.25. The fourth-order valence-electron chi connectivity index (χ4n) is 1.05. The second-order valence-corrected chi connectivity index (χ2v) is 3.35.